The SMILES string of the molecule is CC#CCNC(=O)c1ccc(Br)cc1Br. The monoisotopic (exact) mass is 329 g/mol. The van der Waals surface area contributed by atoms with Gasteiger partial charge in [-0.1, -0.05) is 21.9 Å². The molecule has 0 spiro atoms. The average molecular weight is 331 g/mol. The van der Waals surface area contributed by atoms with Gasteiger partial charge in [-0.3, -0.25) is 4.79 Å². The van der Waals surface area contributed by atoms with E-state index in [4.69, 9.17) is 0 Å². The Balaban J connectivity index is 2.76. The molecule has 0 saturated heterocycles. The summed E-state index contributed by atoms with van der Waals surface area (Å²) >= 11 is 6.66. The molecule has 0 aliphatic carbocycles. The van der Waals surface area contributed by atoms with E-state index >= 15 is 0 Å². The number of benzene rings is 1. The summed E-state index contributed by atoms with van der Waals surface area (Å²) < 4.78 is 1.69. The number of amides is 1. The van der Waals surface area contributed by atoms with Crippen molar-refractivity contribution < 1.29 is 4.79 Å². The fraction of sp³-hybridized carbons (Fsp3) is 0.182. The fourth-order valence-corrected chi connectivity index (χ4v) is 2.21. The molecule has 0 bridgehead atoms. The van der Waals surface area contributed by atoms with E-state index in [2.05, 4.69) is 49.0 Å². The van der Waals surface area contributed by atoms with Crippen molar-refractivity contribution in [3.63, 3.8) is 0 Å². The van der Waals surface area contributed by atoms with Gasteiger partial charge in [0, 0.05) is 8.95 Å². The van der Waals surface area contributed by atoms with Gasteiger partial charge in [0.1, 0.15) is 0 Å². The molecular formula is C11H9Br2NO. The molecule has 15 heavy (non-hydrogen) atoms. The summed E-state index contributed by atoms with van der Waals surface area (Å²) in [5.41, 5.74) is 0.608. The van der Waals surface area contributed by atoms with Crippen LogP contribution in [0.15, 0.2) is 27.1 Å². The molecule has 2 nitrogen and oxygen atoms in total. The highest BCUT2D eigenvalue weighted by molar-refractivity contribution is 9.11. The number of carbonyl (C=O) groups excluding carboxylic acids is 1. The van der Waals surface area contributed by atoms with Gasteiger partial charge in [0.25, 0.3) is 5.91 Å². The summed E-state index contributed by atoms with van der Waals surface area (Å²) in [6.45, 7) is 2.11. The zero-order chi connectivity index (χ0) is 11.3. The molecule has 4 heteroatoms. The Kier molecular flexibility index (Phi) is 4.86. The van der Waals surface area contributed by atoms with Crippen molar-refractivity contribution in [2.75, 3.05) is 6.54 Å². The van der Waals surface area contributed by atoms with Crippen molar-refractivity contribution in [2.45, 2.75) is 6.92 Å². The minimum Gasteiger partial charge on any atom is -0.341 e. The third-order valence-corrected chi connectivity index (χ3v) is 2.84. The number of hydrogen-bond donors (Lipinski definition) is 1. The lowest BCUT2D eigenvalue weighted by molar-refractivity contribution is 0.0958. The Morgan fingerprint density at radius 1 is 1.47 bits per heavy atom. The maximum absolute atomic E-state index is 11.6. The maximum Gasteiger partial charge on any atom is 0.253 e. The topological polar surface area (TPSA) is 29.1 Å². The summed E-state index contributed by atoms with van der Waals surface area (Å²) in [6, 6.07) is 5.41. The largest absolute Gasteiger partial charge is 0.341 e. The first kappa shape index (κ1) is 12.3. The molecule has 1 aromatic rings. The number of nitrogens with one attached hydrogen (secondary N) is 1. The first-order valence-corrected chi connectivity index (χ1v) is 5.86. The molecular weight excluding hydrogens is 322 g/mol. The standard InChI is InChI=1S/C11H9Br2NO/c1-2-3-6-14-11(15)9-5-4-8(12)7-10(9)13/h4-5,7H,6H2,1H3,(H,14,15). The molecule has 0 radical (unpaired) electrons. The predicted molar refractivity (Wildman–Crippen MR) is 67.6 cm³/mol. The van der Waals surface area contributed by atoms with E-state index in [1.54, 1.807) is 13.0 Å². The van der Waals surface area contributed by atoms with Crippen LogP contribution in [-0.4, -0.2) is 12.5 Å². The van der Waals surface area contributed by atoms with Gasteiger partial charge >= 0.3 is 0 Å². The quantitative estimate of drug-likeness (QED) is 0.830. The van der Waals surface area contributed by atoms with E-state index in [-0.39, 0.29) is 5.91 Å². The zero-order valence-electron chi connectivity index (χ0n) is 8.10. The van der Waals surface area contributed by atoms with Crippen LogP contribution in [0, 0.1) is 11.8 Å². The lowest BCUT2D eigenvalue weighted by Gasteiger charge is -2.04. The Labute approximate surface area is 106 Å². The smallest absolute Gasteiger partial charge is 0.253 e. The van der Waals surface area contributed by atoms with E-state index < -0.39 is 0 Å². The molecule has 0 unspecified atom stereocenters. The van der Waals surface area contributed by atoms with Gasteiger partial charge in [-0.2, -0.15) is 0 Å². The molecule has 0 atom stereocenters. The number of hydrogen-bond acceptors (Lipinski definition) is 1. The fourth-order valence-electron chi connectivity index (χ4n) is 0.982. The molecule has 1 rings (SSSR count). The first-order chi connectivity index (χ1) is 7.15. The molecule has 0 heterocycles. The third kappa shape index (κ3) is 3.69. The van der Waals surface area contributed by atoms with Gasteiger partial charge in [0.05, 0.1) is 12.1 Å². The summed E-state index contributed by atoms with van der Waals surface area (Å²) in [5.74, 6) is 5.36. The van der Waals surface area contributed by atoms with Crippen molar-refractivity contribution in [3.05, 3.63) is 32.7 Å². The minimum absolute atomic E-state index is 0.128. The molecule has 0 aliphatic rings. The van der Waals surface area contributed by atoms with Gasteiger partial charge < -0.3 is 5.32 Å². The Morgan fingerprint density at radius 3 is 2.80 bits per heavy atom. The second-order valence-electron chi connectivity index (χ2n) is 2.73. The van der Waals surface area contributed by atoms with Crippen molar-refractivity contribution in [1.29, 1.82) is 0 Å². The van der Waals surface area contributed by atoms with Crippen molar-refractivity contribution in [1.82, 2.24) is 5.32 Å². The summed E-state index contributed by atoms with van der Waals surface area (Å²) in [5, 5.41) is 2.70. The van der Waals surface area contributed by atoms with Crippen molar-refractivity contribution in [2.24, 2.45) is 0 Å². The van der Waals surface area contributed by atoms with Crippen LogP contribution in [0.25, 0.3) is 0 Å². The number of halogens is 2. The average Bonchev–Trinajstić information content (AvgIpc) is 2.17. The summed E-state index contributed by atoms with van der Waals surface area (Å²) in [4.78, 5) is 11.6. The Hall–Kier alpha value is -0.790. The van der Waals surface area contributed by atoms with Gasteiger partial charge in [0.2, 0.25) is 0 Å². The first-order valence-electron chi connectivity index (χ1n) is 4.28. The molecule has 0 saturated carbocycles. The molecule has 1 aromatic carbocycles. The van der Waals surface area contributed by atoms with Gasteiger partial charge in [-0.25, -0.2) is 0 Å². The van der Waals surface area contributed by atoms with Crippen LogP contribution >= 0.6 is 31.9 Å². The maximum atomic E-state index is 11.6. The highest BCUT2D eigenvalue weighted by Crippen LogP contribution is 2.21. The van der Waals surface area contributed by atoms with E-state index in [0.717, 1.165) is 8.95 Å². The summed E-state index contributed by atoms with van der Waals surface area (Å²) in [6.07, 6.45) is 0. The van der Waals surface area contributed by atoms with Crippen LogP contribution in [0.5, 0.6) is 0 Å². The van der Waals surface area contributed by atoms with Crippen LogP contribution in [0.4, 0.5) is 0 Å². The van der Waals surface area contributed by atoms with E-state index in [1.807, 2.05) is 12.1 Å². The van der Waals surface area contributed by atoms with Crippen LogP contribution in [0.2, 0.25) is 0 Å². The Morgan fingerprint density at radius 2 is 2.20 bits per heavy atom. The van der Waals surface area contributed by atoms with Crippen molar-refractivity contribution in [3.8, 4) is 11.8 Å². The lowest BCUT2D eigenvalue weighted by Crippen LogP contribution is -2.23. The van der Waals surface area contributed by atoms with Crippen LogP contribution in [0.1, 0.15) is 17.3 Å². The zero-order valence-corrected chi connectivity index (χ0v) is 11.3. The van der Waals surface area contributed by atoms with Gasteiger partial charge in [-0.15, -0.1) is 5.92 Å². The Bertz CT molecular complexity index is 432. The highest BCUT2D eigenvalue weighted by atomic mass is 79.9. The molecule has 1 amide bonds. The third-order valence-electron chi connectivity index (χ3n) is 1.69. The number of carbonyl (C=O) groups is 1. The molecule has 0 aliphatic heterocycles. The van der Waals surface area contributed by atoms with Crippen LogP contribution in [-0.2, 0) is 0 Å². The van der Waals surface area contributed by atoms with Gasteiger partial charge in [-0.05, 0) is 41.1 Å². The molecule has 1 N–H and O–H groups in total. The number of rotatable bonds is 2. The molecule has 0 aromatic heterocycles. The molecule has 0 fully saturated rings. The van der Waals surface area contributed by atoms with Gasteiger partial charge in [0.15, 0.2) is 0 Å². The lowest BCUT2D eigenvalue weighted by atomic mass is 10.2. The van der Waals surface area contributed by atoms with E-state index in [9.17, 15) is 4.79 Å². The van der Waals surface area contributed by atoms with Crippen LogP contribution < -0.4 is 5.32 Å². The second-order valence-corrected chi connectivity index (χ2v) is 4.50. The highest BCUT2D eigenvalue weighted by Gasteiger charge is 2.08. The minimum atomic E-state index is -0.128. The molecule has 78 valence electrons. The van der Waals surface area contributed by atoms with Crippen molar-refractivity contribution >= 4 is 37.8 Å². The predicted octanol–water partition coefficient (Wildman–Crippen LogP) is 2.96. The van der Waals surface area contributed by atoms with E-state index in [1.165, 1.54) is 0 Å². The second kappa shape index (κ2) is 5.94. The van der Waals surface area contributed by atoms with E-state index in [0.29, 0.717) is 12.1 Å². The normalized spacial score (nSPS) is 9.00. The summed E-state index contributed by atoms with van der Waals surface area (Å²) in [7, 11) is 0. The van der Waals surface area contributed by atoms with Crippen LogP contribution in [0.3, 0.4) is 0 Å².